The van der Waals surface area contributed by atoms with Crippen molar-refractivity contribution in [2.75, 3.05) is 25.2 Å². The number of pyridine rings is 1. The van der Waals surface area contributed by atoms with E-state index in [-0.39, 0.29) is 12.1 Å². The van der Waals surface area contributed by atoms with E-state index >= 15 is 0 Å². The predicted molar refractivity (Wildman–Crippen MR) is 133 cm³/mol. The molecule has 2 amide bonds. The van der Waals surface area contributed by atoms with Gasteiger partial charge < -0.3 is 9.47 Å². The second kappa shape index (κ2) is 10.2. The minimum Gasteiger partial charge on any atom is -0.465 e. The Morgan fingerprint density at radius 1 is 1.06 bits per heavy atom. The van der Waals surface area contributed by atoms with Gasteiger partial charge in [0.1, 0.15) is 5.82 Å². The van der Waals surface area contributed by atoms with Gasteiger partial charge in [0.25, 0.3) is 0 Å². The zero-order chi connectivity index (χ0) is 24.4. The molecule has 0 bridgehead atoms. The number of hydrazone groups is 1. The molecule has 0 unspecified atom stereocenters. The Balaban J connectivity index is 1.64. The molecule has 0 spiro atoms. The summed E-state index contributed by atoms with van der Waals surface area (Å²) in [5.74, 6) is 0.302. The molecule has 184 valence electrons. The number of carbonyl (C=O) groups excluding carboxylic acids is 2. The van der Waals surface area contributed by atoms with Crippen LogP contribution in [-0.2, 0) is 9.47 Å². The number of benzene rings is 1. The SMILES string of the molecule is COC(=O)c1ccc(N2C(=O)N(C3CCOCC3)N=C(C3CCCCC3)c3ccc(C)cc32)nc1. The van der Waals surface area contributed by atoms with Crippen LogP contribution in [0.3, 0.4) is 0 Å². The lowest BCUT2D eigenvalue weighted by molar-refractivity contribution is 0.0480. The topological polar surface area (TPSA) is 84.3 Å². The first kappa shape index (κ1) is 23.5. The summed E-state index contributed by atoms with van der Waals surface area (Å²) in [6, 6.07) is 9.28. The molecule has 3 heterocycles. The normalized spacial score (nSPS) is 19.7. The van der Waals surface area contributed by atoms with Crippen molar-refractivity contribution in [3.8, 4) is 0 Å². The van der Waals surface area contributed by atoms with Gasteiger partial charge in [-0.05, 0) is 56.4 Å². The predicted octanol–water partition coefficient (Wildman–Crippen LogP) is 5.21. The Kier molecular flexibility index (Phi) is 6.81. The molecule has 1 aliphatic carbocycles. The van der Waals surface area contributed by atoms with Gasteiger partial charge in [0.15, 0.2) is 0 Å². The van der Waals surface area contributed by atoms with E-state index in [4.69, 9.17) is 14.6 Å². The van der Waals surface area contributed by atoms with Crippen molar-refractivity contribution in [1.29, 1.82) is 0 Å². The molecule has 0 N–H and O–H groups in total. The van der Waals surface area contributed by atoms with Crippen LogP contribution in [0.15, 0.2) is 41.6 Å². The van der Waals surface area contributed by atoms with E-state index in [1.807, 2.05) is 13.0 Å². The highest BCUT2D eigenvalue weighted by molar-refractivity contribution is 6.13. The number of anilines is 2. The van der Waals surface area contributed by atoms with Crippen molar-refractivity contribution in [2.24, 2.45) is 11.0 Å². The van der Waals surface area contributed by atoms with Gasteiger partial charge in [-0.25, -0.2) is 24.5 Å². The fourth-order valence-corrected chi connectivity index (χ4v) is 5.28. The lowest BCUT2D eigenvalue weighted by Gasteiger charge is -2.33. The van der Waals surface area contributed by atoms with Gasteiger partial charge in [0.2, 0.25) is 0 Å². The van der Waals surface area contributed by atoms with E-state index in [1.54, 1.807) is 22.0 Å². The highest BCUT2D eigenvalue weighted by Crippen LogP contribution is 2.38. The molecule has 2 aromatic rings. The summed E-state index contributed by atoms with van der Waals surface area (Å²) in [6.07, 6.45) is 8.69. The maximum atomic E-state index is 14.2. The third-order valence-electron chi connectivity index (χ3n) is 7.20. The molecule has 2 fully saturated rings. The number of rotatable bonds is 4. The van der Waals surface area contributed by atoms with E-state index in [1.165, 1.54) is 32.6 Å². The van der Waals surface area contributed by atoms with Crippen LogP contribution in [0.1, 0.15) is 66.4 Å². The Morgan fingerprint density at radius 2 is 1.83 bits per heavy atom. The number of urea groups is 1. The highest BCUT2D eigenvalue weighted by Gasteiger charge is 2.38. The molecule has 1 saturated carbocycles. The largest absolute Gasteiger partial charge is 0.465 e. The minimum absolute atomic E-state index is 0.0397. The molecule has 0 atom stereocenters. The number of methoxy groups -OCH3 is 1. The zero-order valence-corrected chi connectivity index (χ0v) is 20.4. The number of ether oxygens (including phenoxy) is 2. The van der Waals surface area contributed by atoms with Crippen LogP contribution in [0, 0.1) is 12.8 Å². The third kappa shape index (κ3) is 4.67. The monoisotopic (exact) mass is 476 g/mol. The number of aryl methyl sites for hydroxylation is 1. The molecule has 35 heavy (non-hydrogen) atoms. The molecule has 0 radical (unpaired) electrons. The first-order valence-corrected chi connectivity index (χ1v) is 12.5. The van der Waals surface area contributed by atoms with Gasteiger partial charge in [-0.2, -0.15) is 5.10 Å². The van der Waals surface area contributed by atoms with Crippen LogP contribution < -0.4 is 4.90 Å². The van der Waals surface area contributed by atoms with Gasteiger partial charge in [0.05, 0.1) is 30.1 Å². The summed E-state index contributed by atoms with van der Waals surface area (Å²) in [6.45, 7) is 3.25. The maximum absolute atomic E-state index is 14.2. The van der Waals surface area contributed by atoms with Crippen LogP contribution >= 0.6 is 0 Å². The van der Waals surface area contributed by atoms with E-state index in [2.05, 4.69) is 17.1 Å². The van der Waals surface area contributed by atoms with Crippen LogP contribution in [-0.4, -0.2) is 54.1 Å². The number of esters is 1. The third-order valence-corrected chi connectivity index (χ3v) is 7.20. The van der Waals surface area contributed by atoms with Crippen molar-refractivity contribution >= 4 is 29.2 Å². The molecule has 1 aromatic carbocycles. The van der Waals surface area contributed by atoms with Crippen LogP contribution in [0.25, 0.3) is 0 Å². The Morgan fingerprint density at radius 3 is 2.51 bits per heavy atom. The van der Waals surface area contributed by atoms with E-state index < -0.39 is 5.97 Å². The smallest absolute Gasteiger partial charge is 0.351 e. The fourth-order valence-electron chi connectivity index (χ4n) is 5.28. The second-order valence-electron chi connectivity index (χ2n) is 9.54. The molecule has 5 rings (SSSR count). The van der Waals surface area contributed by atoms with Crippen molar-refractivity contribution in [1.82, 2.24) is 9.99 Å². The summed E-state index contributed by atoms with van der Waals surface area (Å²) in [4.78, 5) is 32.3. The van der Waals surface area contributed by atoms with Crippen molar-refractivity contribution in [2.45, 2.75) is 57.9 Å². The standard InChI is InChI=1S/C27H32N4O4/c1-18-8-10-22-23(16-18)30(24-11-9-20(17-28-24)26(32)34-2)27(33)31(21-12-14-35-15-13-21)29-25(22)19-6-4-3-5-7-19/h8-11,16-17,19,21H,3-7,12-15H2,1-2H3. The zero-order valence-electron chi connectivity index (χ0n) is 20.4. The number of nitrogens with zero attached hydrogens (tertiary/aromatic N) is 4. The Labute approximate surface area is 205 Å². The van der Waals surface area contributed by atoms with Crippen LogP contribution in [0.4, 0.5) is 16.3 Å². The number of carbonyl (C=O) groups is 2. The highest BCUT2D eigenvalue weighted by atomic mass is 16.5. The molecule has 2 aliphatic heterocycles. The first-order valence-electron chi connectivity index (χ1n) is 12.5. The molecule has 3 aliphatic rings. The summed E-state index contributed by atoms with van der Waals surface area (Å²) >= 11 is 0. The van der Waals surface area contributed by atoms with Crippen molar-refractivity contribution in [3.63, 3.8) is 0 Å². The molecule has 1 aromatic heterocycles. The van der Waals surface area contributed by atoms with E-state index in [0.717, 1.165) is 48.2 Å². The van der Waals surface area contributed by atoms with Gasteiger partial charge in [-0.3, -0.25) is 0 Å². The average Bonchev–Trinajstić information content (AvgIpc) is 3.03. The summed E-state index contributed by atoms with van der Waals surface area (Å²) in [5.41, 5.74) is 4.14. The van der Waals surface area contributed by atoms with Gasteiger partial charge in [-0.15, -0.1) is 0 Å². The molecule has 1 saturated heterocycles. The molecule has 8 nitrogen and oxygen atoms in total. The summed E-state index contributed by atoms with van der Waals surface area (Å²) in [7, 11) is 1.34. The number of fused-ring (bicyclic) bond motifs is 1. The van der Waals surface area contributed by atoms with E-state index in [9.17, 15) is 9.59 Å². The lowest BCUT2D eigenvalue weighted by Crippen LogP contribution is -2.45. The second-order valence-corrected chi connectivity index (χ2v) is 9.54. The minimum atomic E-state index is -0.464. The van der Waals surface area contributed by atoms with E-state index in [0.29, 0.717) is 30.5 Å². The summed E-state index contributed by atoms with van der Waals surface area (Å²) < 4.78 is 10.4. The van der Waals surface area contributed by atoms with Gasteiger partial charge in [-0.1, -0.05) is 31.4 Å². The first-order chi connectivity index (χ1) is 17.1. The lowest BCUT2D eigenvalue weighted by atomic mass is 9.82. The Hall–Kier alpha value is -3.26. The molecular weight excluding hydrogens is 444 g/mol. The average molecular weight is 477 g/mol. The number of hydrogen-bond donors (Lipinski definition) is 0. The van der Waals surface area contributed by atoms with Gasteiger partial charge >= 0.3 is 12.0 Å². The van der Waals surface area contributed by atoms with Gasteiger partial charge in [0, 0.05) is 30.9 Å². The van der Waals surface area contributed by atoms with Crippen LogP contribution in [0.5, 0.6) is 0 Å². The fraction of sp³-hybridized carbons (Fsp3) is 0.481. The number of hydrogen-bond acceptors (Lipinski definition) is 6. The number of amides is 2. The van der Waals surface area contributed by atoms with Crippen LogP contribution in [0.2, 0.25) is 0 Å². The number of aromatic nitrogens is 1. The van der Waals surface area contributed by atoms with Crippen molar-refractivity contribution in [3.05, 3.63) is 53.2 Å². The maximum Gasteiger partial charge on any atom is 0.351 e. The molecule has 8 heteroatoms. The van der Waals surface area contributed by atoms with Crippen molar-refractivity contribution < 1.29 is 19.1 Å². The quantitative estimate of drug-likeness (QED) is 0.566. The Bertz CT molecular complexity index is 1120. The summed E-state index contributed by atoms with van der Waals surface area (Å²) in [5, 5.41) is 6.79. The molecular formula is C27H32N4O4.